The molecule has 0 saturated carbocycles. The summed E-state index contributed by atoms with van der Waals surface area (Å²) in [5, 5.41) is 11.9. The minimum atomic E-state index is -1.01. The normalized spacial score (nSPS) is 17.2. The zero-order valence-electron chi connectivity index (χ0n) is 22.3. The number of rotatable bonds is 9. The second-order valence-electron chi connectivity index (χ2n) is 10.0. The third-order valence-corrected chi connectivity index (χ3v) is 7.12. The molecule has 2 heterocycles. The number of nitro benzene ring substituents is 1. The second kappa shape index (κ2) is 11.9. The Morgan fingerprint density at radius 1 is 1.15 bits per heavy atom. The summed E-state index contributed by atoms with van der Waals surface area (Å²) in [4.78, 5) is 53.3. The summed E-state index contributed by atoms with van der Waals surface area (Å²) in [5.74, 6) is -1.44. The molecule has 208 valence electrons. The smallest absolute Gasteiger partial charge is 0.282 e. The zero-order valence-corrected chi connectivity index (χ0v) is 22.3. The lowest BCUT2D eigenvalue weighted by molar-refractivity contribution is -0.385. The van der Waals surface area contributed by atoms with Crippen LogP contribution in [0, 0.1) is 23.0 Å². The molecule has 2 saturated heterocycles. The molecule has 1 spiro atoms. The number of carbonyl (C=O) groups excluding carboxylic acids is 3. The van der Waals surface area contributed by atoms with Gasteiger partial charge in [0, 0.05) is 38.1 Å². The van der Waals surface area contributed by atoms with Gasteiger partial charge in [-0.25, -0.2) is 0 Å². The van der Waals surface area contributed by atoms with E-state index < -0.39 is 34.9 Å². The number of aldehydes is 1. The largest absolute Gasteiger partial charge is 0.457 e. The number of carbonyl (C=O) groups is 3. The summed E-state index contributed by atoms with van der Waals surface area (Å²) >= 11 is 0. The van der Waals surface area contributed by atoms with E-state index >= 15 is 0 Å². The predicted molar refractivity (Wildman–Crippen MR) is 141 cm³/mol. The molecule has 0 N–H and O–H groups in total. The van der Waals surface area contributed by atoms with Crippen LogP contribution < -0.4 is 4.74 Å². The van der Waals surface area contributed by atoms with Crippen molar-refractivity contribution in [2.75, 3.05) is 32.8 Å². The van der Waals surface area contributed by atoms with Gasteiger partial charge in [-0.05, 0) is 30.5 Å². The van der Waals surface area contributed by atoms with Crippen LogP contribution in [0.25, 0.3) is 0 Å². The number of hydrogen-bond donors (Lipinski definition) is 0. The first-order chi connectivity index (χ1) is 18.7. The highest BCUT2D eigenvalue weighted by Gasteiger charge is 2.44. The molecule has 0 radical (unpaired) electrons. The van der Waals surface area contributed by atoms with Gasteiger partial charge in [-0.3, -0.25) is 19.7 Å². The summed E-state index contributed by atoms with van der Waals surface area (Å²) in [6.07, 6.45) is 1.51. The van der Waals surface area contributed by atoms with Crippen molar-refractivity contribution < 1.29 is 33.5 Å². The number of nitro groups is 1. The van der Waals surface area contributed by atoms with E-state index in [9.17, 15) is 24.5 Å². The maximum Gasteiger partial charge on any atom is 0.282 e. The van der Waals surface area contributed by atoms with Crippen LogP contribution in [0.15, 0.2) is 42.5 Å². The number of piperidine rings is 1. The SMILES string of the molecule is Cc1ccccc1Oc1ccc([N+](=O)[O-])c(C(=O)N(CC=O)[C@@H](C(=O)N2CCC3(CC2)OCCO3)C(C)C)c1. The van der Waals surface area contributed by atoms with Crippen LogP contribution in [0.3, 0.4) is 0 Å². The van der Waals surface area contributed by atoms with Gasteiger partial charge < -0.3 is 28.8 Å². The molecule has 2 aliphatic rings. The first kappa shape index (κ1) is 28.2. The van der Waals surface area contributed by atoms with Crippen molar-refractivity contribution in [2.45, 2.75) is 45.4 Å². The van der Waals surface area contributed by atoms with Crippen LogP contribution in [0.4, 0.5) is 5.69 Å². The first-order valence-corrected chi connectivity index (χ1v) is 13.0. The molecule has 39 heavy (non-hydrogen) atoms. The fraction of sp³-hybridized carbons (Fsp3) is 0.464. The molecule has 1 atom stereocenters. The molecule has 0 bridgehead atoms. The fourth-order valence-corrected chi connectivity index (χ4v) is 5.08. The van der Waals surface area contributed by atoms with E-state index in [2.05, 4.69) is 0 Å². The first-order valence-electron chi connectivity index (χ1n) is 13.0. The minimum absolute atomic E-state index is 0.217. The van der Waals surface area contributed by atoms with E-state index in [-0.39, 0.29) is 23.1 Å². The highest BCUT2D eigenvalue weighted by Crippen LogP contribution is 2.33. The van der Waals surface area contributed by atoms with Gasteiger partial charge in [-0.2, -0.15) is 0 Å². The number of ether oxygens (including phenoxy) is 3. The summed E-state index contributed by atoms with van der Waals surface area (Å²) < 4.78 is 17.4. The van der Waals surface area contributed by atoms with Crippen LogP contribution in [0.5, 0.6) is 11.5 Å². The van der Waals surface area contributed by atoms with Gasteiger partial charge in [0.15, 0.2) is 5.79 Å². The van der Waals surface area contributed by atoms with E-state index in [1.807, 2.05) is 19.1 Å². The molecule has 2 aromatic rings. The summed E-state index contributed by atoms with van der Waals surface area (Å²) in [7, 11) is 0. The van der Waals surface area contributed by atoms with E-state index in [1.165, 1.54) is 18.2 Å². The van der Waals surface area contributed by atoms with Crippen molar-refractivity contribution in [1.29, 1.82) is 0 Å². The third kappa shape index (κ3) is 6.10. The third-order valence-electron chi connectivity index (χ3n) is 7.12. The van der Waals surface area contributed by atoms with Crippen LogP contribution in [0.2, 0.25) is 0 Å². The maximum atomic E-state index is 13.9. The molecule has 0 aromatic heterocycles. The summed E-state index contributed by atoms with van der Waals surface area (Å²) in [5.41, 5.74) is 0.128. The quantitative estimate of drug-likeness (QED) is 0.268. The van der Waals surface area contributed by atoms with Crippen molar-refractivity contribution >= 4 is 23.8 Å². The Balaban J connectivity index is 1.63. The zero-order chi connectivity index (χ0) is 28.2. The van der Waals surface area contributed by atoms with E-state index in [1.54, 1.807) is 30.9 Å². The topological polar surface area (TPSA) is 129 Å². The molecule has 11 heteroatoms. The van der Waals surface area contributed by atoms with Gasteiger partial charge >= 0.3 is 0 Å². The van der Waals surface area contributed by atoms with Gasteiger partial charge in [-0.15, -0.1) is 0 Å². The summed E-state index contributed by atoms with van der Waals surface area (Å²) in [6, 6.07) is 10.1. The van der Waals surface area contributed by atoms with Crippen molar-refractivity contribution in [3.05, 3.63) is 63.7 Å². The Kier molecular flexibility index (Phi) is 8.61. The standard InChI is InChI=1S/C28H33N3O8/c1-19(2)25(27(34)29-12-10-28(11-13-29)37-16-17-38-28)30(14-15-32)26(33)22-18-21(8-9-23(22)31(35)36)39-24-7-5-4-6-20(24)3/h4-9,15,18-19,25H,10-14,16-17H2,1-3H3/t25-/m1/s1. The van der Waals surface area contributed by atoms with E-state index in [0.29, 0.717) is 51.2 Å². The number of likely N-dealkylation sites (tertiary alicyclic amines) is 1. The Labute approximate surface area is 226 Å². The molecule has 2 amide bonds. The molecule has 2 aromatic carbocycles. The van der Waals surface area contributed by atoms with Gasteiger partial charge in [0.2, 0.25) is 5.91 Å². The number of nitrogens with zero attached hydrogens (tertiary/aromatic N) is 3. The van der Waals surface area contributed by atoms with Gasteiger partial charge in [-0.1, -0.05) is 32.0 Å². The van der Waals surface area contributed by atoms with Gasteiger partial charge in [0.05, 0.1) is 24.7 Å². The number of amides is 2. The number of hydrogen-bond acceptors (Lipinski definition) is 8. The molecule has 11 nitrogen and oxygen atoms in total. The highest BCUT2D eigenvalue weighted by atomic mass is 16.7. The molecule has 4 rings (SSSR count). The Hall–Kier alpha value is -3.83. The molecule has 2 aliphatic heterocycles. The van der Waals surface area contributed by atoms with Gasteiger partial charge in [0.25, 0.3) is 11.6 Å². The monoisotopic (exact) mass is 539 g/mol. The molecular weight excluding hydrogens is 506 g/mol. The number of para-hydroxylation sites is 1. The van der Waals surface area contributed by atoms with E-state index in [0.717, 1.165) is 10.5 Å². The lowest BCUT2D eigenvalue weighted by Crippen LogP contribution is -2.57. The maximum absolute atomic E-state index is 13.9. The summed E-state index contributed by atoms with van der Waals surface area (Å²) in [6.45, 7) is 6.74. The van der Waals surface area contributed by atoms with Crippen LogP contribution in [0.1, 0.15) is 42.6 Å². The Morgan fingerprint density at radius 2 is 1.82 bits per heavy atom. The average molecular weight is 540 g/mol. The van der Waals surface area contributed by atoms with Gasteiger partial charge in [0.1, 0.15) is 29.4 Å². The number of aryl methyl sites for hydroxylation is 1. The molecule has 2 fully saturated rings. The lowest BCUT2D eigenvalue weighted by Gasteiger charge is -2.41. The Morgan fingerprint density at radius 3 is 2.41 bits per heavy atom. The minimum Gasteiger partial charge on any atom is -0.457 e. The van der Waals surface area contributed by atoms with E-state index in [4.69, 9.17) is 14.2 Å². The highest BCUT2D eigenvalue weighted by molar-refractivity contribution is 6.02. The predicted octanol–water partition coefficient (Wildman–Crippen LogP) is 3.73. The van der Waals surface area contributed by atoms with Crippen LogP contribution >= 0.6 is 0 Å². The molecular formula is C28H33N3O8. The van der Waals surface area contributed by atoms with Crippen LogP contribution in [-0.4, -0.2) is 77.5 Å². The second-order valence-corrected chi connectivity index (χ2v) is 10.0. The van der Waals surface area contributed by atoms with Crippen molar-refractivity contribution in [2.24, 2.45) is 5.92 Å². The average Bonchev–Trinajstić information content (AvgIpc) is 3.37. The number of benzene rings is 2. The van der Waals surface area contributed by atoms with Crippen LogP contribution in [-0.2, 0) is 19.1 Å². The van der Waals surface area contributed by atoms with Crippen molar-refractivity contribution in [1.82, 2.24) is 9.80 Å². The van der Waals surface area contributed by atoms with Crippen molar-refractivity contribution in [3.8, 4) is 11.5 Å². The lowest BCUT2D eigenvalue weighted by atomic mass is 9.96. The van der Waals surface area contributed by atoms with Crippen molar-refractivity contribution in [3.63, 3.8) is 0 Å². The fourth-order valence-electron chi connectivity index (χ4n) is 5.08. The molecule has 0 aliphatic carbocycles. The Bertz CT molecular complexity index is 1230. The molecule has 0 unspecified atom stereocenters.